The zero-order valence-corrected chi connectivity index (χ0v) is 16.1. The Morgan fingerprint density at radius 2 is 1.86 bits per heavy atom. The van der Waals surface area contributed by atoms with E-state index in [0.29, 0.717) is 11.3 Å². The third-order valence-corrected chi connectivity index (χ3v) is 3.88. The lowest BCUT2D eigenvalue weighted by Crippen LogP contribution is -2.30. The first-order valence-electron chi connectivity index (χ1n) is 8.77. The van der Waals surface area contributed by atoms with Crippen LogP contribution in [-0.4, -0.2) is 35.3 Å². The minimum Gasteiger partial charge on any atom is -0.487 e. The Balaban J connectivity index is 2.09. The van der Waals surface area contributed by atoms with Crippen molar-refractivity contribution in [2.75, 3.05) is 11.9 Å². The number of nitrogens with zero attached hydrogens (tertiary/aromatic N) is 1. The lowest BCUT2D eigenvalue weighted by atomic mass is 10.1. The van der Waals surface area contributed by atoms with Crippen LogP contribution < -0.4 is 10.1 Å². The predicted octanol–water partition coefficient (Wildman–Crippen LogP) is 3.38. The summed E-state index contributed by atoms with van der Waals surface area (Å²) in [7, 11) is 0. The standard InChI is InChI=1S/C20H20N2O7/c1-4-28-18-9-8-15(11-17(18)22(26)27)20(25)29-13(3)19(24)21-16-7-5-6-14(10-16)12(2)23/h5-11,13H,4H2,1-3H3,(H,21,24)/t13-/m0/s1. The summed E-state index contributed by atoms with van der Waals surface area (Å²) in [4.78, 5) is 46.5. The lowest BCUT2D eigenvalue weighted by molar-refractivity contribution is -0.385. The van der Waals surface area contributed by atoms with E-state index in [1.54, 1.807) is 25.1 Å². The van der Waals surface area contributed by atoms with Crippen LogP contribution in [0.4, 0.5) is 11.4 Å². The highest BCUT2D eigenvalue weighted by molar-refractivity contribution is 5.99. The van der Waals surface area contributed by atoms with Crippen molar-refractivity contribution < 1.29 is 28.8 Å². The number of carbonyl (C=O) groups is 3. The van der Waals surface area contributed by atoms with E-state index < -0.39 is 22.9 Å². The number of carbonyl (C=O) groups excluding carboxylic acids is 3. The molecule has 2 aromatic rings. The molecule has 0 aromatic heterocycles. The smallest absolute Gasteiger partial charge is 0.339 e. The third-order valence-electron chi connectivity index (χ3n) is 3.88. The number of benzene rings is 2. The van der Waals surface area contributed by atoms with Gasteiger partial charge in [0.15, 0.2) is 17.6 Å². The molecule has 1 atom stereocenters. The van der Waals surface area contributed by atoms with Crippen molar-refractivity contribution >= 4 is 29.0 Å². The first-order valence-corrected chi connectivity index (χ1v) is 8.77. The molecule has 0 saturated carbocycles. The molecule has 29 heavy (non-hydrogen) atoms. The summed E-state index contributed by atoms with van der Waals surface area (Å²) in [6, 6.07) is 9.98. The second kappa shape index (κ2) is 9.45. The largest absolute Gasteiger partial charge is 0.487 e. The van der Waals surface area contributed by atoms with Crippen molar-refractivity contribution in [1.29, 1.82) is 0 Å². The average molecular weight is 400 g/mol. The van der Waals surface area contributed by atoms with E-state index in [1.165, 1.54) is 32.0 Å². The molecule has 2 aromatic carbocycles. The van der Waals surface area contributed by atoms with Crippen LogP contribution in [0.15, 0.2) is 42.5 Å². The van der Waals surface area contributed by atoms with Gasteiger partial charge in [0.2, 0.25) is 0 Å². The maximum atomic E-state index is 12.3. The molecule has 0 saturated heterocycles. The van der Waals surface area contributed by atoms with Crippen molar-refractivity contribution in [2.45, 2.75) is 26.9 Å². The molecule has 0 fully saturated rings. The second-order valence-electron chi connectivity index (χ2n) is 6.05. The summed E-state index contributed by atoms with van der Waals surface area (Å²) < 4.78 is 10.3. The van der Waals surface area contributed by atoms with Crippen molar-refractivity contribution in [3.8, 4) is 5.75 Å². The van der Waals surface area contributed by atoms with Crippen LogP contribution >= 0.6 is 0 Å². The highest BCUT2D eigenvalue weighted by Crippen LogP contribution is 2.28. The number of esters is 1. The van der Waals surface area contributed by atoms with Crippen molar-refractivity contribution in [1.82, 2.24) is 0 Å². The van der Waals surface area contributed by atoms with E-state index in [4.69, 9.17) is 9.47 Å². The Labute approximate surface area is 166 Å². The Bertz CT molecular complexity index is 956. The van der Waals surface area contributed by atoms with Crippen LogP contribution in [0.25, 0.3) is 0 Å². The van der Waals surface area contributed by atoms with Crippen LogP contribution in [0.5, 0.6) is 5.75 Å². The molecule has 0 bridgehead atoms. The van der Waals surface area contributed by atoms with Gasteiger partial charge in [0.25, 0.3) is 5.91 Å². The van der Waals surface area contributed by atoms with Gasteiger partial charge in [0.1, 0.15) is 0 Å². The number of rotatable bonds is 8. The van der Waals surface area contributed by atoms with Gasteiger partial charge < -0.3 is 14.8 Å². The fraction of sp³-hybridized carbons (Fsp3) is 0.250. The number of anilines is 1. The predicted molar refractivity (Wildman–Crippen MR) is 104 cm³/mol. The van der Waals surface area contributed by atoms with Gasteiger partial charge in [0.05, 0.1) is 17.1 Å². The van der Waals surface area contributed by atoms with Crippen molar-refractivity contribution in [3.05, 3.63) is 63.7 Å². The molecular formula is C20H20N2O7. The minimum absolute atomic E-state index is 0.0326. The Kier molecular flexibility index (Phi) is 7.02. The number of amides is 1. The summed E-state index contributed by atoms with van der Waals surface area (Å²) in [6.45, 7) is 4.68. The summed E-state index contributed by atoms with van der Waals surface area (Å²) >= 11 is 0. The van der Waals surface area contributed by atoms with E-state index in [9.17, 15) is 24.5 Å². The summed E-state index contributed by atoms with van der Waals surface area (Å²) in [6.07, 6.45) is -1.17. The fourth-order valence-electron chi connectivity index (χ4n) is 2.41. The number of ketones is 1. The Morgan fingerprint density at radius 3 is 2.48 bits per heavy atom. The lowest BCUT2D eigenvalue weighted by Gasteiger charge is -2.14. The minimum atomic E-state index is -1.17. The maximum Gasteiger partial charge on any atom is 0.339 e. The average Bonchev–Trinajstić information content (AvgIpc) is 2.68. The van der Waals surface area contributed by atoms with E-state index in [0.717, 1.165) is 6.07 Å². The number of hydrogen-bond donors (Lipinski definition) is 1. The normalized spacial score (nSPS) is 11.3. The van der Waals surface area contributed by atoms with Gasteiger partial charge in [-0.1, -0.05) is 12.1 Å². The van der Waals surface area contributed by atoms with Crippen LogP contribution in [-0.2, 0) is 9.53 Å². The molecule has 9 heteroatoms. The summed E-state index contributed by atoms with van der Waals surface area (Å²) in [5.41, 5.74) is 0.342. The molecule has 0 aliphatic carbocycles. The topological polar surface area (TPSA) is 125 Å². The number of ether oxygens (including phenoxy) is 2. The third kappa shape index (κ3) is 5.61. The van der Waals surface area contributed by atoms with E-state index in [1.807, 2.05) is 0 Å². The number of nitrogens with one attached hydrogen (secondary N) is 1. The summed E-state index contributed by atoms with van der Waals surface area (Å²) in [5, 5.41) is 13.7. The second-order valence-corrected chi connectivity index (χ2v) is 6.05. The molecule has 0 aliphatic rings. The SMILES string of the molecule is CCOc1ccc(C(=O)O[C@@H](C)C(=O)Nc2cccc(C(C)=O)c2)cc1[N+](=O)[O-]. The fourth-order valence-corrected chi connectivity index (χ4v) is 2.41. The zero-order chi connectivity index (χ0) is 21.6. The number of hydrogen-bond acceptors (Lipinski definition) is 7. The quantitative estimate of drug-likeness (QED) is 0.312. The molecule has 0 radical (unpaired) electrons. The van der Waals surface area contributed by atoms with E-state index >= 15 is 0 Å². The highest BCUT2D eigenvalue weighted by Gasteiger charge is 2.23. The zero-order valence-electron chi connectivity index (χ0n) is 16.1. The molecule has 152 valence electrons. The van der Waals surface area contributed by atoms with Gasteiger partial charge in [-0.05, 0) is 45.0 Å². The van der Waals surface area contributed by atoms with E-state index in [-0.39, 0.29) is 29.4 Å². The molecule has 9 nitrogen and oxygen atoms in total. The number of nitro benzene ring substituents is 1. The van der Waals surface area contributed by atoms with Crippen molar-refractivity contribution in [2.24, 2.45) is 0 Å². The number of nitro groups is 1. The van der Waals surface area contributed by atoms with Crippen molar-refractivity contribution in [3.63, 3.8) is 0 Å². The highest BCUT2D eigenvalue weighted by atomic mass is 16.6. The molecule has 2 rings (SSSR count). The molecule has 0 spiro atoms. The van der Waals surface area contributed by atoms with Crippen LogP contribution in [0.2, 0.25) is 0 Å². The van der Waals surface area contributed by atoms with Gasteiger partial charge in [-0.3, -0.25) is 19.7 Å². The monoisotopic (exact) mass is 400 g/mol. The number of Topliss-reactive ketones (excluding diaryl/α,β-unsaturated/α-hetero) is 1. The first kappa shape index (κ1) is 21.5. The van der Waals surface area contributed by atoms with Gasteiger partial charge >= 0.3 is 11.7 Å². The van der Waals surface area contributed by atoms with Gasteiger partial charge in [-0.2, -0.15) is 0 Å². The molecule has 0 heterocycles. The van der Waals surface area contributed by atoms with Crippen LogP contribution in [0.3, 0.4) is 0 Å². The Morgan fingerprint density at radius 1 is 1.14 bits per heavy atom. The first-order chi connectivity index (χ1) is 13.7. The maximum absolute atomic E-state index is 12.3. The van der Waals surface area contributed by atoms with Crippen LogP contribution in [0, 0.1) is 10.1 Å². The van der Waals surface area contributed by atoms with E-state index in [2.05, 4.69) is 5.32 Å². The summed E-state index contributed by atoms with van der Waals surface area (Å²) in [5.74, 6) is -1.63. The Hall–Kier alpha value is -3.75. The molecule has 0 unspecified atom stereocenters. The molecular weight excluding hydrogens is 380 g/mol. The van der Waals surface area contributed by atoms with Gasteiger partial charge in [-0.25, -0.2) is 4.79 Å². The van der Waals surface area contributed by atoms with Gasteiger partial charge in [0, 0.05) is 17.3 Å². The molecule has 1 amide bonds. The van der Waals surface area contributed by atoms with Crippen LogP contribution in [0.1, 0.15) is 41.5 Å². The van der Waals surface area contributed by atoms with Gasteiger partial charge in [-0.15, -0.1) is 0 Å². The molecule has 1 N–H and O–H groups in total. The molecule has 0 aliphatic heterocycles.